The van der Waals surface area contributed by atoms with Crippen LogP contribution in [0.15, 0.2) is 53.3 Å². The van der Waals surface area contributed by atoms with Crippen LogP contribution in [0.2, 0.25) is 0 Å². The van der Waals surface area contributed by atoms with Crippen LogP contribution in [0.3, 0.4) is 0 Å². The molecule has 3 nitrogen and oxygen atoms in total. The second-order valence-electron chi connectivity index (χ2n) is 3.74. The highest BCUT2D eigenvalue weighted by atomic mass is 79.9. The Hall–Kier alpha value is -1.81. The Morgan fingerprint density at radius 1 is 1.12 bits per heavy atom. The number of fused-ring (bicyclic) bond motifs is 1. The monoisotopic (exact) mass is 288 g/mol. The molecule has 0 unspecified atom stereocenters. The number of halogens is 1. The van der Waals surface area contributed by atoms with E-state index in [9.17, 15) is 5.11 Å². The summed E-state index contributed by atoms with van der Waals surface area (Å²) in [7, 11) is 0. The van der Waals surface area contributed by atoms with Gasteiger partial charge in [0.25, 0.3) is 0 Å². The van der Waals surface area contributed by atoms with E-state index in [-0.39, 0.29) is 5.75 Å². The number of benzene rings is 1. The normalized spacial score (nSPS) is 10.9. The Balaban J connectivity index is 2.31. The molecule has 2 heterocycles. The molecule has 0 aliphatic rings. The van der Waals surface area contributed by atoms with Gasteiger partial charge in [-0.2, -0.15) is 0 Å². The topological polar surface area (TPSA) is 37.5 Å². The van der Waals surface area contributed by atoms with Crippen LogP contribution >= 0.6 is 15.9 Å². The molecule has 1 N–H and O–H groups in total. The molecule has 4 heteroatoms. The highest BCUT2D eigenvalue weighted by Gasteiger charge is 2.09. The SMILES string of the molecule is Oc1ccc2cnc(-c3ccccc3Br)n2c1. The first-order chi connectivity index (χ1) is 8.25. The zero-order valence-electron chi connectivity index (χ0n) is 8.84. The van der Waals surface area contributed by atoms with E-state index < -0.39 is 0 Å². The molecule has 0 fully saturated rings. The van der Waals surface area contributed by atoms with E-state index in [0.29, 0.717) is 0 Å². The molecule has 3 rings (SSSR count). The van der Waals surface area contributed by atoms with E-state index in [2.05, 4.69) is 20.9 Å². The summed E-state index contributed by atoms with van der Waals surface area (Å²) in [5.74, 6) is 1.03. The Labute approximate surface area is 106 Å². The van der Waals surface area contributed by atoms with Crippen LogP contribution in [-0.4, -0.2) is 14.5 Å². The summed E-state index contributed by atoms with van der Waals surface area (Å²) in [6, 6.07) is 11.4. The van der Waals surface area contributed by atoms with Crippen LogP contribution in [0.25, 0.3) is 16.9 Å². The number of pyridine rings is 1. The molecule has 0 saturated heterocycles. The van der Waals surface area contributed by atoms with Gasteiger partial charge in [-0.15, -0.1) is 0 Å². The molecule has 84 valence electrons. The minimum Gasteiger partial charge on any atom is -0.506 e. The van der Waals surface area contributed by atoms with Gasteiger partial charge in [-0.25, -0.2) is 4.98 Å². The van der Waals surface area contributed by atoms with Crippen molar-refractivity contribution in [2.75, 3.05) is 0 Å². The summed E-state index contributed by atoms with van der Waals surface area (Å²) >= 11 is 3.51. The van der Waals surface area contributed by atoms with E-state index in [4.69, 9.17) is 0 Å². The second-order valence-corrected chi connectivity index (χ2v) is 4.60. The van der Waals surface area contributed by atoms with Crippen molar-refractivity contribution in [3.05, 3.63) is 53.3 Å². The highest BCUT2D eigenvalue weighted by Crippen LogP contribution is 2.28. The zero-order valence-corrected chi connectivity index (χ0v) is 10.4. The van der Waals surface area contributed by atoms with Crippen LogP contribution in [-0.2, 0) is 0 Å². The Bertz CT molecular complexity index is 691. The number of aromatic hydroxyl groups is 1. The molecule has 0 saturated carbocycles. The third-order valence-corrected chi connectivity index (χ3v) is 3.32. The van der Waals surface area contributed by atoms with E-state index in [1.54, 1.807) is 18.5 Å². The second kappa shape index (κ2) is 3.89. The van der Waals surface area contributed by atoms with Crippen molar-refractivity contribution in [3.63, 3.8) is 0 Å². The maximum absolute atomic E-state index is 9.53. The van der Waals surface area contributed by atoms with Crippen LogP contribution in [0.4, 0.5) is 0 Å². The maximum atomic E-state index is 9.53. The van der Waals surface area contributed by atoms with Gasteiger partial charge in [0, 0.05) is 10.0 Å². The van der Waals surface area contributed by atoms with Crippen molar-refractivity contribution in [1.82, 2.24) is 9.38 Å². The summed E-state index contributed by atoms with van der Waals surface area (Å²) in [6.07, 6.45) is 3.45. The largest absolute Gasteiger partial charge is 0.506 e. The summed E-state index contributed by atoms with van der Waals surface area (Å²) in [5, 5.41) is 9.53. The van der Waals surface area contributed by atoms with Gasteiger partial charge in [0.1, 0.15) is 11.6 Å². The van der Waals surface area contributed by atoms with Crippen molar-refractivity contribution in [3.8, 4) is 17.1 Å². The highest BCUT2D eigenvalue weighted by molar-refractivity contribution is 9.10. The van der Waals surface area contributed by atoms with Gasteiger partial charge >= 0.3 is 0 Å². The fraction of sp³-hybridized carbons (Fsp3) is 0. The van der Waals surface area contributed by atoms with Crippen molar-refractivity contribution in [1.29, 1.82) is 0 Å². The lowest BCUT2D eigenvalue weighted by Crippen LogP contribution is -1.89. The van der Waals surface area contributed by atoms with E-state index in [0.717, 1.165) is 21.4 Å². The molecule has 1 aromatic carbocycles. The van der Waals surface area contributed by atoms with Crippen molar-refractivity contribution in [2.24, 2.45) is 0 Å². The summed E-state index contributed by atoms with van der Waals surface area (Å²) in [5.41, 5.74) is 1.95. The smallest absolute Gasteiger partial charge is 0.145 e. The van der Waals surface area contributed by atoms with Crippen molar-refractivity contribution in [2.45, 2.75) is 0 Å². The lowest BCUT2D eigenvalue weighted by Gasteiger charge is -2.04. The summed E-state index contributed by atoms with van der Waals surface area (Å²) < 4.78 is 2.85. The number of hydrogen-bond acceptors (Lipinski definition) is 2. The quantitative estimate of drug-likeness (QED) is 0.744. The van der Waals surface area contributed by atoms with Gasteiger partial charge in [-0.3, -0.25) is 4.40 Å². The molecule has 3 aromatic rings. The van der Waals surface area contributed by atoms with Crippen LogP contribution in [0.5, 0.6) is 5.75 Å². The third-order valence-electron chi connectivity index (χ3n) is 2.63. The number of aromatic nitrogens is 2. The molecular formula is C13H9BrN2O. The summed E-state index contributed by atoms with van der Waals surface area (Å²) in [6.45, 7) is 0. The first-order valence-corrected chi connectivity index (χ1v) is 5.96. The minimum atomic E-state index is 0.226. The van der Waals surface area contributed by atoms with Gasteiger partial charge in [0.2, 0.25) is 0 Å². The molecule has 0 amide bonds. The first kappa shape index (κ1) is 10.4. The molecule has 2 aromatic heterocycles. The lowest BCUT2D eigenvalue weighted by atomic mass is 10.2. The Morgan fingerprint density at radius 3 is 2.76 bits per heavy atom. The molecule has 0 radical (unpaired) electrons. The van der Waals surface area contributed by atoms with Gasteiger partial charge in [-0.1, -0.05) is 34.1 Å². The molecule has 0 spiro atoms. The average Bonchev–Trinajstić information content (AvgIpc) is 2.72. The van der Waals surface area contributed by atoms with Crippen molar-refractivity contribution < 1.29 is 5.11 Å². The third kappa shape index (κ3) is 1.70. The molecule has 0 aliphatic carbocycles. The standard InChI is InChI=1S/C13H9BrN2O/c14-12-4-2-1-3-11(12)13-15-7-9-5-6-10(17)8-16(9)13/h1-8,17H. The van der Waals surface area contributed by atoms with Gasteiger partial charge < -0.3 is 5.11 Å². The average molecular weight is 289 g/mol. The predicted molar refractivity (Wildman–Crippen MR) is 70.0 cm³/mol. The minimum absolute atomic E-state index is 0.226. The number of rotatable bonds is 1. The Kier molecular flexibility index (Phi) is 2.37. The number of hydrogen-bond donors (Lipinski definition) is 1. The number of imidazole rings is 1. The van der Waals surface area contributed by atoms with Crippen LogP contribution < -0.4 is 0 Å². The van der Waals surface area contributed by atoms with Gasteiger partial charge in [-0.05, 0) is 18.2 Å². The van der Waals surface area contributed by atoms with E-state index >= 15 is 0 Å². The fourth-order valence-electron chi connectivity index (χ4n) is 1.82. The fourth-order valence-corrected chi connectivity index (χ4v) is 2.28. The van der Waals surface area contributed by atoms with Crippen LogP contribution in [0.1, 0.15) is 0 Å². The Morgan fingerprint density at radius 2 is 1.94 bits per heavy atom. The van der Waals surface area contributed by atoms with E-state index in [1.165, 1.54) is 0 Å². The maximum Gasteiger partial charge on any atom is 0.145 e. The molecule has 0 aliphatic heterocycles. The molecule has 0 atom stereocenters. The zero-order chi connectivity index (χ0) is 11.8. The van der Waals surface area contributed by atoms with Crippen LogP contribution in [0, 0.1) is 0 Å². The lowest BCUT2D eigenvalue weighted by molar-refractivity contribution is 0.472. The molecule has 17 heavy (non-hydrogen) atoms. The van der Waals surface area contributed by atoms with Crippen molar-refractivity contribution >= 4 is 21.4 Å². The first-order valence-electron chi connectivity index (χ1n) is 5.17. The molecule has 0 bridgehead atoms. The predicted octanol–water partition coefficient (Wildman–Crippen LogP) is 3.47. The van der Waals surface area contributed by atoms with Gasteiger partial charge in [0.05, 0.1) is 17.9 Å². The molecular weight excluding hydrogens is 280 g/mol. The number of nitrogens with zero attached hydrogens (tertiary/aromatic N) is 2. The van der Waals surface area contributed by atoms with E-state index in [1.807, 2.05) is 34.7 Å². The van der Waals surface area contributed by atoms with Gasteiger partial charge in [0.15, 0.2) is 0 Å². The summed E-state index contributed by atoms with van der Waals surface area (Å²) in [4.78, 5) is 4.39.